The van der Waals surface area contributed by atoms with Crippen LogP contribution in [0.1, 0.15) is 34.1 Å². The number of ether oxygens (including phenoxy) is 1. The molecule has 0 spiro atoms. The van der Waals surface area contributed by atoms with Crippen molar-refractivity contribution in [3.63, 3.8) is 0 Å². The molecule has 0 bridgehead atoms. The van der Waals surface area contributed by atoms with E-state index in [1.54, 1.807) is 27.7 Å². The van der Waals surface area contributed by atoms with E-state index in [9.17, 15) is 9.59 Å². The first-order chi connectivity index (χ1) is 7.24. The molecule has 94 valence electrons. The van der Waals surface area contributed by atoms with Crippen LogP contribution in [0.2, 0.25) is 0 Å². The Balaban J connectivity index is 3.91. The highest BCUT2D eigenvalue weighted by Gasteiger charge is 2.18. The molecule has 0 fully saturated rings. The quantitative estimate of drug-likeness (QED) is 0.708. The van der Waals surface area contributed by atoms with Crippen molar-refractivity contribution in [2.75, 3.05) is 7.11 Å². The summed E-state index contributed by atoms with van der Waals surface area (Å²) < 4.78 is 5.04. The van der Waals surface area contributed by atoms with Crippen LogP contribution in [0.15, 0.2) is 0 Å². The second-order valence-electron chi connectivity index (χ2n) is 4.48. The maximum Gasteiger partial charge on any atom is 0.407 e. The topological polar surface area (TPSA) is 76.7 Å². The largest absolute Gasteiger partial charge is 0.444 e. The molecule has 0 heterocycles. The number of nitrogens with one attached hydrogen (secondary N) is 2. The summed E-state index contributed by atoms with van der Waals surface area (Å²) in [4.78, 5) is 26.9. The molecule has 0 aliphatic carbocycles. The molecule has 1 unspecified atom stereocenters. The van der Waals surface area contributed by atoms with Crippen LogP contribution in [0.4, 0.5) is 4.79 Å². The van der Waals surface area contributed by atoms with E-state index in [-0.39, 0.29) is 18.4 Å². The van der Waals surface area contributed by atoms with Gasteiger partial charge in [-0.3, -0.25) is 9.63 Å². The van der Waals surface area contributed by atoms with Gasteiger partial charge in [0.15, 0.2) is 0 Å². The predicted molar refractivity (Wildman–Crippen MR) is 58.6 cm³/mol. The Morgan fingerprint density at radius 2 is 1.88 bits per heavy atom. The molecule has 2 N–H and O–H groups in total. The molecule has 6 heteroatoms. The van der Waals surface area contributed by atoms with Gasteiger partial charge in [-0.05, 0) is 27.7 Å². The lowest BCUT2D eigenvalue weighted by atomic mass is 10.2. The van der Waals surface area contributed by atoms with E-state index in [0.717, 1.165) is 0 Å². The predicted octanol–water partition coefficient (Wildman–Crippen LogP) is 0.967. The number of carbonyl (C=O) groups is 2. The molecule has 1 atom stereocenters. The fourth-order valence-corrected chi connectivity index (χ4v) is 0.993. The van der Waals surface area contributed by atoms with Crippen molar-refractivity contribution in [1.82, 2.24) is 10.8 Å². The van der Waals surface area contributed by atoms with Crippen molar-refractivity contribution < 1.29 is 19.2 Å². The van der Waals surface area contributed by atoms with Gasteiger partial charge < -0.3 is 10.1 Å². The lowest BCUT2D eigenvalue weighted by Gasteiger charge is -2.21. The minimum Gasteiger partial charge on any atom is -0.444 e. The summed E-state index contributed by atoms with van der Waals surface area (Å²) >= 11 is 0. The van der Waals surface area contributed by atoms with Crippen LogP contribution < -0.4 is 10.8 Å². The second-order valence-corrected chi connectivity index (χ2v) is 4.48. The second kappa shape index (κ2) is 6.32. The number of amides is 2. The molecule has 0 aromatic heterocycles. The average Bonchev–Trinajstić information content (AvgIpc) is 1.98. The van der Waals surface area contributed by atoms with Gasteiger partial charge in [-0.2, -0.15) is 0 Å². The monoisotopic (exact) mass is 232 g/mol. The van der Waals surface area contributed by atoms with E-state index in [0.29, 0.717) is 0 Å². The summed E-state index contributed by atoms with van der Waals surface area (Å²) in [7, 11) is 1.35. The van der Waals surface area contributed by atoms with Gasteiger partial charge in [0.1, 0.15) is 5.60 Å². The average molecular weight is 232 g/mol. The molecule has 0 aromatic carbocycles. The number of carbonyl (C=O) groups excluding carboxylic acids is 2. The van der Waals surface area contributed by atoms with E-state index >= 15 is 0 Å². The molecule has 6 nitrogen and oxygen atoms in total. The normalized spacial score (nSPS) is 12.8. The summed E-state index contributed by atoms with van der Waals surface area (Å²) in [5, 5.41) is 2.55. The van der Waals surface area contributed by atoms with Crippen molar-refractivity contribution in [2.45, 2.75) is 45.8 Å². The van der Waals surface area contributed by atoms with Crippen LogP contribution >= 0.6 is 0 Å². The van der Waals surface area contributed by atoms with Crippen LogP contribution in [-0.4, -0.2) is 30.8 Å². The van der Waals surface area contributed by atoms with Gasteiger partial charge in [0, 0.05) is 12.5 Å². The number of hydroxylamine groups is 1. The molecule has 0 rings (SSSR count). The first-order valence-corrected chi connectivity index (χ1v) is 5.06. The summed E-state index contributed by atoms with van der Waals surface area (Å²) in [5.74, 6) is -0.300. The highest BCUT2D eigenvalue weighted by molar-refractivity contribution is 5.76. The van der Waals surface area contributed by atoms with Gasteiger partial charge in [-0.1, -0.05) is 0 Å². The van der Waals surface area contributed by atoms with Crippen LogP contribution in [0, 0.1) is 0 Å². The van der Waals surface area contributed by atoms with E-state index < -0.39 is 11.7 Å². The lowest BCUT2D eigenvalue weighted by molar-refractivity contribution is -0.131. The zero-order chi connectivity index (χ0) is 12.8. The molecule has 0 aliphatic heterocycles. The van der Waals surface area contributed by atoms with E-state index in [1.165, 1.54) is 7.11 Å². The third kappa shape index (κ3) is 8.05. The molecule has 2 amide bonds. The van der Waals surface area contributed by atoms with E-state index in [1.807, 2.05) is 0 Å². The van der Waals surface area contributed by atoms with Crippen molar-refractivity contribution in [1.29, 1.82) is 0 Å². The lowest BCUT2D eigenvalue weighted by Crippen LogP contribution is -2.40. The summed E-state index contributed by atoms with van der Waals surface area (Å²) in [6.45, 7) is 7.03. The Bertz CT molecular complexity index is 248. The minimum absolute atomic E-state index is 0.132. The third-order valence-electron chi connectivity index (χ3n) is 1.47. The van der Waals surface area contributed by atoms with Crippen LogP contribution in [-0.2, 0) is 14.4 Å². The van der Waals surface area contributed by atoms with Gasteiger partial charge in [-0.15, -0.1) is 0 Å². The third-order valence-corrected chi connectivity index (χ3v) is 1.47. The van der Waals surface area contributed by atoms with E-state index in [2.05, 4.69) is 15.6 Å². The Labute approximate surface area is 95.6 Å². The fraction of sp³-hybridized carbons (Fsp3) is 0.800. The number of hydrogen-bond donors (Lipinski definition) is 2. The van der Waals surface area contributed by atoms with Crippen molar-refractivity contribution in [3.05, 3.63) is 0 Å². The van der Waals surface area contributed by atoms with Crippen molar-refractivity contribution in [3.8, 4) is 0 Å². The SMILES string of the molecule is CONC(=O)CC(C)NC(=O)OC(C)(C)C. The van der Waals surface area contributed by atoms with Crippen LogP contribution in [0.25, 0.3) is 0 Å². The van der Waals surface area contributed by atoms with Crippen LogP contribution in [0.5, 0.6) is 0 Å². The summed E-state index contributed by atoms with van der Waals surface area (Å²) in [6.07, 6.45) is -0.405. The first kappa shape index (κ1) is 14.7. The van der Waals surface area contributed by atoms with Crippen molar-refractivity contribution in [2.24, 2.45) is 0 Å². The molecule has 16 heavy (non-hydrogen) atoms. The molecular formula is C10H20N2O4. The number of alkyl carbamates (subject to hydrolysis) is 1. The van der Waals surface area contributed by atoms with Crippen LogP contribution in [0.3, 0.4) is 0 Å². The Hall–Kier alpha value is -1.30. The highest BCUT2D eigenvalue weighted by Crippen LogP contribution is 2.07. The minimum atomic E-state index is -0.543. The Morgan fingerprint density at radius 1 is 1.31 bits per heavy atom. The van der Waals surface area contributed by atoms with E-state index in [4.69, 9.17) is 4.74 Å². The molecule has 0 aliphatic rings. The summed E-state index contributed by atoms with van der Waals surface area (Å²) in [6, 6.07) is -0.315. The number of hydrogen-bond acceptors (Lipinski definition) is 4. The molecule has 0 saturated heterocycles. The first-order valence-electron chi connectivity index (χ1n) is 5.06. The smallest absolute Gasteiger partial charge is 0.407 e. The van der Waals surface area contributed by atoms with Gasteiger partial charge in [0.05, 0.1) is 7.11 Å². The molecule has 0 radical (unpaired) electrons. The number of rotatable bonds is 4. The highest BCUT2D eigenvalue weighted by atomic mass is 16.6. The molecule has 0 aromatic rings. The Kier molecular flexibility index (Phi) is 5.81. The maximum absolute atomic E-state index is 11.3. The fourth-order valence-electron chi connectivity index (χ4n) is 0.993. The van der Waals surface area contributed by atoms with Gasteiger partial charge in [-0.25, -0.2) is 10.3 Å². The van der Waals surface area contributed by atoms with Gasteiger partial charge >= 0.3 is 6.09 Å². The summed E-state index contributed by atoms with van der Waals surface area (Å²) in [5.41, 5.74) is 1.62. The Morgan fingerprint density at radius 3 is 2.31 bits per heavy atom. The molecule has 0 saturated carbocycles. The van der Waals surface area contributed by atoms with Crippen molar-refractivity contribution >= 4 is 12.0 Å². The maximum atomic E-state index is 11.3. The molecular weight excluding hydrogens is 212 g/mol. The standard InChI is InChI=1S/C10H20N2O4/c1-7(6-8(13)12-15-5)11-9(14)16-10(2,3)4/h7H,6H2,1-5H3,(H,11,14)(H,12,13). The van der Waals surface area contributed by atoms with Gasteiger partial charge in [0.25, 0.3) is 0 Å². The zero-order valence-electron chi connectivity index (χ0n) is 10.4. The van der Waals surface area contributed by atoms with Gasteiger partial charge in [0.2, 0.25) is 5.91 Å². The zero-order valence-corrected chi connectivity index (χ0v) is 10.4.